The largest absolute Gasteiger partial charge is 0.341 e. The summed E-state index contributed by atoms with van der Waals surface area (Å²) < 4.78 is 13.1. The number of rotatable bonds is 6. The normalized spacial score (nSPS) is 17.2. The molecule has 2 unspecified atom stereocenters. The van der Waals surface area contributed by atoms with Gasteiger partial charge in [0.05, 0.1) is 11.7 Å². The molecule has 0 radical (unpaired) electrons. The number of nitrogens with zero attached hydrogens (tertiary/aromatic N) is 4. The maximum atomic E-state index is 13.1. The van der Waals surface area contributed by atoms with Crippen molar-refractivity contribution >= 4 is 28.2 Å². The van der Waals surface area contributed by atoms with Crippen LogP contribution in [-0.4, -0.2) is 44.9 Å². The van der Waals surface area contributed by atoms with E-state index in [0.29, 0.717) is 31.2 Å². The Morgan fingerprint density at radius 1 is 1.31 bits per heavy atom. The summed E-state index contributed by atoms with van der Waals surface area (Å²) in [6, 6.07) is 7.41. The van der Waals surface area contributed by atoms with Crippen molar-refractivity contribution in [3.8, 4) is 0 Å². The lowest BCUT2D eigenvalue weighted by Gasteiger charge is -2.34. The third kappa shape index (κ3) is 5.46. The summed E-state index contributed by atoms with van der Waals surface area (Å²) in [7, 11) is 0. The lowest BCUT2D eigenvalue weighted by Crippen LogP contribution is -2.48. The minimum Gasteiger partial charge on any atom is -0.341 e. The van der Waals surface area contributed by atoms with Crippen LogP contribution in [0.4, 0.5) is 15.3 Å². The Labute approximate surface area is 190 Å². The van der Waals surface area contributed by atoms with Crippen molar-refractivity contribution < 1.29 is 9.18 Å². The molecule has 0 spiro atoms. The third-order valence-electron chi connectivity index (χ3n) is 5.55. The van der Waals surface area contributed by atoms with Crippen molar-refractivity contribution in [2.75, 3.05) is 18.4 Å². The number of nitrogens with two attached hydrogens (primary N) is 1. The fraction of sp³-hybridized carbons (Fsp3) is 0.391. The van der Waals surface area contributed by atoms with Gasteiger partial charge in [-0.05, 0) is 50.8 Å². The van der Waals surface area contributed by atoms with Gasteiger partial charge in [-0.2, -0.15) is 0 Å². The molecule has 2 aromatic heterocycles. The van der Waals surface area contributed by atoms with E-state index in [4.69, 9.17) is 5.73 Å². The number of nitrogens with one attached hydrogen (secondary N) is 1. The van der Waals surface area contributed by atoms with E-state index in [9.17, 15) is 9.18 Å². The molecule has 0 bridgehead atoms. The fourth-order valence-electron chi connectivity index (χ4n) is 4.00. The average Bonchev–Trinajstić information content (AvgIpc) is 3.19. The number of hydrogen-bond donors (Lipinski definition) is 2. The maximum absolute atomic E-state index is 13.1. The summed E-state index contributed by atoms with van der Waals surface area (Å²) in [5.74, 6) is 1.12. The molecule has 3 heterocycles. The van der Waals surface area contributed by atoms with Crippen LogP contribution in [0.15, 0.2) is 36.5 Å². The number of aromatic nitrogens is 3. The van der Waals surface area contributed by atoms with E-state index in [1.807, 2.05) is 31.0 Å². The van der Waals surface area contributed by atoms with Gasteiger partial charge in [0.15, 0.2) is 5.13 Å². The number of likely N-dealkylation sites (tertiary alicyclic amines) is 1. The zero-order valence-electron chi connectivity index (χ0n) is 18.2. The van der Waals surface area contributed by atoms with Gasteiger partial charge < -0.3 is 16.0 Å². The van der Waals surface area contributed by atoms with Gasteiger partial charge in [0.2, 0.25) is 5.91 Å². The Morgan fingerprint density at radius 3 is 2.81 bits per heavy atom. The molecule has 9 heteroatoms. The summed E-state index contributed by atoms with van der Waals surface area (Å²) in [5, 5.41) is 4.05. The molecule has 0 saturated carbocycles. The average molecular weight is 455 g/mol. The predicted molar refractivity (Wildman–Crippen MR) is 124 cm³/mol. The Kier molecular flexibility index (Phi) is 6.76. The Morgan fingerprint density at radius 2 is 2.09 bits per heavy atom. The number of anilines is 2. The molecule has 3 N–H and O–H groups in total. The van der Waals surface area contributed by atoms with Gasteiger partial charge in [-0.3, -0.25) is 4.79 Å². The molecule has 32 heavy (non-hydrogen) atoms. The first kappa shape index (κ1) is 22.3. The van der Waals surface area contributed by atoms with E-state index < -0.39 is 6.04 Å². The molecule has 3 aromatic rings. The zero-order valence-corrected chi connectivity index (χ0v) is 19.0. The quantitative estimate of drug-likeness (QED) is 0.589. The molecule has 2 atom stereocenters. The van der Waals surface area contributed by atoms with Gasteiger partial charge in [0, 0.05) is 36.1 Å². The second-order valence-electron chi connectivity index (χ2n) is 8.19. The second kappa shape index (κ2) is 9.70. The fourth-order valence-corrected chi connectivity index (χ4v) is 4.67. The second-order valence-corrected chi connectivity index (χ2v) is 9.42. The number of amides is 1. The number of halogens is 1. The Bertz CT molecular complexity index is 1090. The van der Waals surface area contributed by atoms with Gasteiger partial charge in [-0.25, -0.2) is 19.3 Å². The molecule has 1 aliphatic heterocycles. The minimum absolute atomic E-state index is 0.0820. The molecule has 168 valence electrons. The van der Waals surface area contributed by atoms with Crippen LogP contribution in [-0.2, 0) is 11.2 Å². The summed E-state index contributed by atoms with van der Waals surface area (Å²) in [5.41, 5.74) is 7.97. The highest BCUT2D eigenvalue weighted by Crippen LogP contribution is 2.29. The first-order chi connectivity index (χ1) is 15.4. The number of hydrogen-bond acceptors (Lipinski definition) is 7. The molecule has 4 rings (SSSR count). The molecular weight excluding hydrogens is 427 g/mol. The maximum Gasteiger partial charge on any atom is 0.239 e. The first-order valence-corrected chi connectivity index (χ1v) is 11.5. The van der Waals surface area contributed by atoms with Crippen LogP contribution in [0.1, 0.15) is 40.7 Å². The number of piperidine rings is 1. The van der Waals surface area contributed by atoms with Crippen molar-refractivity contribution in [3.05, 3.63) is 64.3 Å². The van der Waals surface area contributed by atoms with Crippen LogP contribution in [0.2, 0.25) is 0 Å². The summed E-state index contributed by atoms with van der Waals surface area (Å²) >= 11 is 1.57. The van der Waals surface area contributed by atoms with Crippen LogP contribution in [0.3, 0.4) is 0 Å². The van der Waals surface area contributed by atoms with E-state index in [1.165, 1.54) is 12.1 Å². The van der Waals surface area contributed by atoms with E-state index in [-0.39, 0.29) is 17.6 Å². The number of thiazole rings is 1. The molecule has 1 aliphatic rings. The lowest BCUT2D eigenvalue weighted by molar-refractivity contribution is -0.133. The van der Waals surface area contributed by atoms with E-state index in [0.717, 1.165) is 34.1 Å². The molecule has 1 fully saturated rings. The molecule has 0 aliphatic carbocycles. The van der Waals surface area contributed by atoms with Crippen LogP contribution in [0.5, 0.6) is 0 Å². The molecule has 1 amide bonds. The third-order valence-corrected chi connectivity index (χ3v) is 6.38. The monoisotopic (exact) mass is 454 g/mol. The topological polar surface area (TPSA) is 97.0 Å². The highest BCUT2D eigenvalue weighted by Gasteiger charge is 2.29. The van der Waals surface area contributed by atoms with Gasteiger partial charge >= 0.3 is 0 Å². The SMILES string of the molecule is Cc1nc(Nc2ncc(C)s2)cc(C2CCCN(C(=O)C(N)Cc3ccc(F)cc3)C2)n1. The van der Waals surface area contributed by atoms with E-state index >= 15 is 0 Å². The zero-order chi connectivity index (χ0) is 22.7. The van der Waals surface area contributed by atoms with Crippen molar-refractivity contribution in [2.45, 2.75) is 45.1 Å². The standard InChI is InChI=1S/C23H27FN6OS/c1-14-12-26-23(32-14)29-21-11-20(27-15(2)28-21)17-4-3-9-30(13-17)22(31)19(25)10-16-5-7-18(24)8-6-16/h5-8,11-12,17,19H,3-4,9-10,13,25H2,1-2H3,(H,26,27,28,29). The lowest BCUT2D eigenvalue weighted by atomic mass is 9.93. The van der Waals surface area contributed by atoms with Gasteiger partial charge in [0.1, 0.15) is 17.5 Å². The van der Waals surface area contributed by atoms with E-state index in [1.54, 1.807) is 23.5 Å². The molecule has 7 nitrogen and oxygen atoms in total. The highest BCUT2D eigenvalue weighted by atomic mass is 32.1. The number of carbonyl (C=O) groups excluding carboxylic acids is 1. The van der Waals surface area contributed by atoms with Crippen LogP contribution >= 0.6 is 11.3 Å². The Balaban J connectivity index is 1.43. The first-order valence-electron chi connectivity index (χ1n) is 10.7. The Hall–Kier alpha value is -2.91. The van der Waals surface area contributed by atoms with Gasteiger partial charge in [-0.15, -0.1) is 11.3 Å². The molecular formula is C23H27FN6OS. The number of carbonyl (C=O) groups is 1. The summed E-state index contributed by atoms with van der Waals surface area (Å²) in [6.45, 7) is 5.13. The van der Waals surface area contributed by atoms with Crippen LogP contribution < -0.4 is 11.1 Å². The number of aryl methyl sites for hydroxylation is 2. The summed E-state index contributed by atoms with van der Waals surface area (Å²) in [6.07, 6.45) is 4.04. The van der Waals surface area contributed by atoms with Crippen LogP contribution in [0.25, 0.3) is 0 Å². The van der Waals surface area contributed by atoms with Gasteiger partial charge in [0.25, 0.3) is 0 Å². The smallest absolute Gasteiger partial charge is 0.239 e. The molecule has 1 saturated heterocycles. The number of benzene rings is 1. The molecule has 1 aromatic carbocycles. The van der Waals surface area contributed by atoms with E-state index in [2.05, 4.69) is 20.3 Å². The van der Waals surface area contributed by atoms with Crippen LogP contribution in [0, 0.1) is 19.7 Å². The van der Waals surface area contributed by atoms with Crippen molar-refractivity contribution in [1.29, 1.82) is 0 Å². The van der Waals surface area contributed by atoms with Gasteiger partial charge in [-0.1, -0.05) is 12.1 Å². The summed E-state index contributed by atoms with van der Waals surface area (Å²) in [4.78, 5) is 29.4. The van der Waals surface area contributed by atoms with Crippen molar-refractivity contribution in [3.63, 3.8) is 0 Å². The predicted octanol–water partition coefficient (Wildman–Crippen LogP) is 3.71. The minimum atomic E-state index is -0.656. The highest BCUT2D eigenvalue weighted by molar-refractivity contribution is 7.15. The van der Waals surface area contributed by atoms with Crippen molar-refractivity contribution in [1.82, 2.24) is 19.9 Å². The van der Waals surface area contributed by atoms with Crippen molar-refractivity contribution in [2.24, 2.45) is 5.73 Å².